The smallest absolute Gasteiger partial charge is 0.335 e. The van der Waals surface area contributed by atoms with Gasteiger partial charge in [-0.1, -0.05) is 12.1 Å². The molecule has 2 aromatic rings. The lowest BCUT2D eigenvalue weighted by molar-refractivity contribution is -0.121. The first-order chi connectivity index (χ1) is 11.5. The van der Waals surface area contributed by atoms with E-state index in [2.05, 4.69) is 9.98 Å². The summed E-state index contributed by atoms with van der Waals surface area (Å²) in [6, 6.07) is 9.94. The molecule has 0 radical (unpaired) electrons. The fourth-order valence-corrected chi connectivity index (χ4v) is 3.04. The number of carboxylic acids is 1. The van der Waals surface area contributed by atoms with Crippen LogP contribution in [0.25, 0.3) is 6.08 Å². The van der Waals surface area contributed by atoms with Gasteiger partial charge in [-0.25, -0.2) is 9.79 Å². The third-order valence-electron chi connectivity index (χ3n) is 3.33. The van der Waals surface area contributed by atoms with Crippen LogP contribution in [0.1, 0.15) is 15.9 Å². The van der Waals surface area contributed by atoms with Gasteiger partial charge in [-0.05, 0) is 47.7 Å². The summed E-state index contributed by atoms with van der Waals surface area (Å²) in [5, 5.41) is 9.48. The van der Waals surface area contributed by atoms with E-state index in [9.17, 15) is 9.59 Å². The lowest BCUT2D eigenvalue weighted by atomic mass is 10.1. The number of nitrogens with zero attached hydrogens (tertiary/aromatic N) is 3. The Kier molecular flexibility index (Phi) is 4.43. The number of likely N-dealkylation sites (N-methyl/N-ethyl adjacent to an activating group) is 1. The van der Waals surface area contributed by atoms with Gasteiger partial charge in [0.15, 0.2) is 5.17 Å². The summed E-state index contributed by atoms with van der Waals surface area (Å²) < 4.78 is 0. The molecular weight excluding hydrogens is 326 g/mol. The zero-order valence-electron chi connectivity index (χ0n) is 12.7. The number of hydrogen-bond acceptors (Lipinski definition) is 5. The molecule has 1 aromatic carbocycles. The lowest BCUT2D eigenvalue weighted by Gasteiger charge is -2.06. The molecule has 1 N–H and O–H groups in total. The van der Waals surface area contributed by atoms with Gasteiger partial charge in [0.25, 0.3) is 5.91 Å². The molecule has 0 bridgehead atoms. The minimum absolute atomic E-state index is 0.148. The lowest BCUT2D eigenvalue weighted by Crippen LogP contribution is -2.23. The van der Waals surface area contributed by atoms with Crippen molar-refractivity contribution in [3.05, 3.63) is 64.8 Å². The molecule has 0 unspecified atom stereocenters. The van der Waals surface area contributed by atoms with Gasteiger partial charge in [0.2, 0.25) is 0 Å². The molecule has 1 fully saturated rings. The summed E-state index contributed by atoms with van der Waals surface area (Å²) in [4.78, 5) is 33.6. The Balaban J connectivity index is 1.86. The minimum atomic E-state index is -0.980. The second kappa shape index (κ2) is 6.67. The van der Waals surface area contributed by atoms with Crippen molar-refractivity contribution in [3.63, 3.8) is 0 Å². The average Bonchev–Trinajstić information content (AvgIpc) is 2.84. The normalized spacial score (nSPS) is 17.7. The third kappa shape index (κ3) is 3.36. The summed E-state index contributed by atoms with van der Waals surface area (Å²) in [5.41, 5.74) is 1.64. The van der Waals surface area contributed by atoms with E-state index in [4.69, 9.17) is 5.11 Å². The summed E-state index contributed by atoms with van der Waals surface area (Å²) in [6.07, 6.45) is 5.01. The zero-order valence-corrected chi connectivity index (χ0v) is 13.5. The maximum atomic E-state index is 12.3. The Bertz CT molecular complexity index is 845. The second-order valence-electron chi connectivity index (χ2n) is 5.01. The number of carboxylic acid groups (broad SMARTS) is 1. The SMILES string of the molecule is CN1C(=O)/C(=C/c2ccc(C(=O)O)cc2)SC1=Nc1cccnc1. The molecule has 1 saturated heterocycles. The predicted octanol–water partition coefficient (Wildman–Crippen LogP) is 3.01. The minimum Gasteiger partial charge on any atom is -0.478 e. The number of carbonyl (C=O) groups excluding carboxylic acids is 1. The van der Waals surface area contributed by atoms with Gasteiger partial charge >= 0.3 is 5.97 Å². The third-order valence-corrected chi connectivity index (χ3v) is 4.39. The number of thioether (sulfide) groups is 1. The maximum Gasteiger partial charge on any atom is 0.335 e. The summed E-state index contributed by atoms with van der Waals surface area (Å²) in [7, 11) is 1.67. The molecule has 1 aliphatic heterocycles. The number of aliphatic imine (C=N–C) groups is 1. The molecule has 0 aliphatic carbocycles. The number of aromatic carboxylic acids is 1. The highest BCUT2D eigenvalue weighted by atomic mass is 32.2. The Morgan fingerprint density at radius 1 is 1.29 bits per heavy atom. The number of rotatable bonds is 3. The highest BCUT2D eigenvalue weighted by Gasteiger charge is 2.30. The summed E-state index contributed by atoms with van der Waals surface area (Å²) >= 11 is 1.27. The molecule has 0 spiro atoms. The first-order valence-corrected chi connectivity index (χ1v) is 7.86. The van der Waals surface area contributed by atoms with Crippen molar-refractivity contribution >= 4 is 40.6 Å². The largest absolute Gasteiger partial charge is 0.478 e. The number of carbonyl (C=O) groups is 2. The van der Waals surface area contributed by atoms with E-state index in [1.165, 1.54) is 28.8 Å². The number of amidine groups is 1. The second-order valence-corrected chi connectivity index (χ2v) is 6.02. The topological polar surface area (TPSA) is 82.9 Å². The van der Waals surface area contributed by atoms with Gasteiger partial charge in [0.1, 0.15) is 0 Å². The number of aromatic nitrogens is 1. The van der Waals surface area contributed by atoms with Crippen LogP contribution < -0.4 is 0 Å². The molecule has 120 valence electrons. The first-order valence-electron chi connectivity index (χ1n) is 7.04. The molecule has 1 aromatic heterocycles. The Morgan fingerprint density at radius 2 is 2.04 bits per heavy atom. The fourth-order valence-electron chi connectivity index (χ4n) is 2.06. The molecule has 3 rings (SSSR count). The highest BCUT2D eigenvalue weighted by Crippen LogP contribution is 2.32. The molecule has 2 heterocycles. The van der Waals surface area contributed by atoms with Crippen LogP contribution in [0.3, 0.4) is 0 Å². The number of amides is 1. The van der Waals surface area contributed by atoms with Crippen LogP contribution in [0.15, 0.2) is 58.7 Å². The summed E-state index contributed by atoms with van der Waals surface area (Å²) in [5.74, 6) is -1.13. The van der Waals surface area contributed by atoms with E-state index >= 15 is 0 Å². The Morgan fingerprint density at radius 3 is 2.67 bits per heavy atom. The Labute approximate surface area is 142 Å². The Hall–Kier alpha value is -2.93. The first kappa shape index (κ1) is 15.9. The molecular formula is C17H13N3O3S. The number of benzene rings is 1. The van der Waals surface area contributed by atoms with E-state index in [1.807, 2.05) is 6.07 Å². The number of hydrogen-bond donors (Lipinski definition) is 1. The van der Waals surface area contributed by atoms with E-state index in [1.54, 1.807) is 43.7 Å². The molecule has 1 amide bonds. The zero-order chi connectivity index (χ0) is 17.1. The number of pyridine rings is 1. The van der Waals surface area contributed by atoms with Gasteiger partial charge in [0, 0.05) is 13.2 Å². The van der Waals surface area contributed by atoms with Crippen LogP contribution >= 0.6 is 11.8 Å². The molecule has 0 atom stereocenters. The van der Waals surface area contributed by atoms with Crippen molar-refractivity contribution in [2.24, 2.45) is 4.99 Å². The average molecular weight is 339 g/mol. The van der Waals surface area contributed by atoms with E-state index < -0.39 is 5.97 Å². The maximum absolute atomic E-state index is 12.3. The summed E-state index contributed by atoms with van der Waals surface area (Å²) in [6.45, 7) is 0. The van der Waals surface area contributed by atoms with E-state index in [-0.39, 0.29) is 11.5 Å². The standard InChI is InChI=1S/C17H13N3O3S/c1-20-15(21)14(9-11-4-6-12(7-5-11)16(22)23)24-17(20)19-13-3-2-8-18-10-13/h2-10H,1H3,(H,22,23)/b14-9-,19-17?. The van der Waals surface area contributed by atoms with Gasteiger partial charge in [-0.15, -0.1) is 0 Å². The van der Waals surface area contributed by atoms with Crippen LogP contribution in [0.4, 0.5) is 5.69 Å². The molecule has 0 saturated carbocycles. The van der Waals surface area contributed by atoms with Crippen molar-refractivity contribution in [1.82, 2.24) is 9.88 Å². The van der Waals surface area contributed by atoms with Crippen LogP contribution in [-0.2, 0) is 4.79 Å². The van der Waals surface area contributed by atoms with Crippen molar-refractivity contribution in [3.8, 4) is 0 Å². The molecule has 7 heteroatoms. The van der Waals surface area contributed by atoms with Crippen LogP contribution in [0, 0.1) is 0 Å². The van der Waals surface area contributed by atoms with Crippen molar-refractivity contribution in [2.45, 2.75) is 0 Å². The fraction of sp³-hybridized carbons (Fsp3) is 0.0588. The van der Waals surface area contributed by atoms with Crippen molar-refractivity contribution < 1.29 is 14.7 Å². The molecule has 24 heavy (non-hydrogen) atoms. The highest BCUT2D eigenvalue weighted by molar-refractivity contribution is 8.18. The van der Waals surface area contributed by atoms with Gasteiger partial charge in [0.05, 0.1) is 22.4 Å². The molecule has 6 nitrogen and oxygen atoms in total. The van der Waals surface area contributed by atoms with Gasteiger partial charge in [-0.2, -0.15) is 0 Å². The van der Waals surface area contributed by atoms with E-state index in [0.29, 0.717) is 15.8 Å². The van der Waals surface area contributed by atoms with E-state index in [0.717, 1.165) is 5.56 Å². The van der Waals surface area contributed by atoms with Crippen LogP contribution in [0.5, 0.6) is 0 Å². The van der Waals surface area contributed by atoms with Gasteiger partial charge in [-0.3, -0.25) is 14.7 Å². The monoisotopic (exact) mass is 339 g/mol. The van der Waals surface area contributed by atoms with Crippen LogP contribution in [0.2, 0.25) is 0 Å². The van der Waals surface area contributed by atoms with Crippen molar-refractivity contribution in [2.75, 3.05) is 7.05 Å². The van der Waals surface area contributed by atoms with Crippen LogP contribution in [-0.4, -0.2) is 39.1 Å². The quantitative estimate of drug-likeness (QED) is 0.869. The van der Waals surface area contributed by atoms with Crippen molar-refractivity contribution in [1.29, 1.82) is 0 Å². The van der Waals surface area contributed by atoms with Gasteiger partial charge < -0.3 is 5.11 Å². The molecule has 1 aliphatic rings. The predicted molar refractivity (Wildman–Crippen MR) is 93.1 cm³/mol.